The van der Waals surface area contributed by atoms with E-state index in [1.807, 2.05) is 13.0 Å². The van der Waals surface area contributed by atoms with Gasteiger partial charge >= 0.3 is 5.97 Å². The summed E-state index contributed by atoms with van der Waals surface area (Å²) in [6.45, 7) is 2.02. The Bertz CT molecular complexity index is 386. The van der Waals surface area contributed by atoms with Gasteiger partial charge in [-0.15, -0.1) is 11.3 Å². The molecule has 1 aromatic rings. The van der Waals surface area contributed by atoms with Crippen LogP contribution in [0.25, 0.3) is 0 Å². The van der Waals surface area contributed by atoms with Gasteiger partial charge in [-0.2, -0.15) is 0 Å². The number of carbonyl (C=O) groups is 2. The van der Waals surface area contributed by atoms with Crippen molar-refractivity contribution in [1.29, 1.82) is 0 Å². The smallest absolute Gasteiger partial charge is 0.325 e. The number of rotatable bonds is 4. The predicted octanol–water partition coefficient (Wildman–Crippen LogP) is 1.56. The molecule has 0 radical (unpaired) electrons. The Hall–Kier alpha value is -1.36. The third-order valence-corrected chi connectivity index (χ3v) is 3.38. The summed E-state index contributed by atoms with van der Waals surface area (Å²) in [5.74, 6) is -0.557. The monoisotopic (exact) mass is 241 g/mol. The lowest BCUT2D eigenvalue weighted by atomic mass is 10.3. The molecule has 1 amide bonds. The van der Waals surface area contributed by atoms with E-state index >= 15 is 0 Å². The van der Waals surface area contributed by atoms with Gasteiger partial charge in [0.15, 0.2) is 0 Å². The molecule has 1 aromatic heterocycles. The molecule has 0 aliphatic heterocycles. The molecule has 1 heterocycles. The molecular formula is C11H15NO3S. The third kappa shape index (κ3) is 3.06. The van der Waals surface area contributed by atoms with Crippen molar-refractivity contribution < 1.29 is 14.3 Å². The molecule has 0 saturated heterocycles. The fourth-order valence-corrected chi connectivity index (χ4v) is 2.14. The second kappa shape index (κ2) is 5.65. The Morgan fingerprint density at radius 2 is 2.12 bits per heavy atom. The molecule has 0 bridgehead atoms. The molecule has 0 aliphatic carbocycles. The standard InChI is InChI=1S/C11H15NO3S/c1-4-8-5-6-9(16-8)11(14)12(2)7-10(13)15-3/h5-6H,4,7H2,1-3H3. The molecule has 0 atom stereocenters. The number of likely N-dealkylation sites (N-methyl/N-ethyl adjacent to an activating group) is 1. The third-order valence-electron chi connectivity index (χ3n) is 2.16. The minimum Gasteiger partial charge on any atom is -0.468 e. The summed E-state index contributed by atoms with van der Waals surface area (Å²) in [5, 5.41) is 0. The molecule has 1 rings (SSSR count). The van der Waals surface area contributed by atoms with Gasteiger partial charge in [0.25, 0.3) is 5.91 Å². The van der Waals surface area contributed by atoms with Gasteiger partial charge in [0, 0.05) is 11.9 Å². The van der Waals surface area contributed by atoms with Crippen molar-refractivity contribution >= 4 is 23.2 Å². The maximum Gasteiger partial charge on any atom is 0.325 e. The number of esters is 1. The summed E-state index contributed by atoms with van der Waals surface area (Å²) < 4.78 is 4.50. The Labute approximate surface area is 98.8 Å². The molecule has 16 heavy (non-hydrogen) atoms. The maximum absolute atomic E-state index is 11.9. The lowest BCUT2D eigenvalue weighted by Crippen LogP contribution is -2.32. The zero-order chi connectivity index (χ0) is 12.1. The quantitative estimate of drug-likeness (QED) is 0.751. The number of hydrogen-bond donors (Lipinski definition) is 0. The van der Waals surface area contributed by atoms with E-state index in [1.165, 1.54) is 23.3 Å². The van der Waals surface area contributed by atoms with Crippen molar-refractivity contribution in [3.63, 3.8) is 0 Å². The van der Waals surface area contributed by atoms with E-state index in [0.717, 1.165) is 11.3 Å². The van der Waals surface area contributed by atoms with E-state index in [9.17, 15) is 9.59 Å². The summed E-state index contributed by atoms with van der Waals surface area (Å²) in [5.41, 5.74) is 0. The topological polar surface area (TPSA) is 46.6 Å². The van der Waals surface area contributed by atoms with Gasteiger partial charge in [-0.3, -0.25) is 9.59 Å². The minimum atomic E-state index is -0.414. The van der Waals surface area contributed by atoms with Gasteiger partial charge in [-0.25, -0.2) is 0 Å². The fraction of sp³-hybridized carbons (Fsp3) is 0.455. The van der Waals surface area contributed by atoms with Crippen LogP contribution in [0.1, 0.15) is 21.5 Å². The first kappa shape index (κ1) is 12.7. The summed E-state index contributed by atoms with van der Waals surface area (Å²) in [7, 11) is 2.89. The van der Waals surface area contributed by atoms with Crippen LogP contribution < -0.4 is 0 Å². The number of methoxy groups -OCH3 is 1. The molecule has 0 aliphatic rings. The van der Waals surface area contributed by atoms with E-state index in [1.54, 1.807) is 13.1 Å². The van der Waals surface area contributed by atoms with Crippen LogP contribution in [0.2, 0.25) is 0 Å². The van der Waals surface area contributed by atoms with E-state index < -0.39 is 5.97 Å². The average Bonchev–Trinajstić information content (AvgIpc) is 2.76. The number of carbonyl (C=O) groups excluding carboxylic acids is 2. The zero-order valence-electron chi connectivity index (χ0n) is 9.65. The average molecular weight is 241 g/mol. The maximum atomic E-state index is 11.9. The van der Waals surface area contributed by atoms with Crippen LogP contribution in [-0.4, -0.2) is 37.5 Å². The lowest BCUT2D eigenvalue weighted by Gasteiger charge is -2.14. The predicted molar refractivity (Wildman–Crippen MR) is 62.7 cm³/mol. The Balaban J connectivity index is 2.66. The Kier molecular flexibility index (Phi) is 4.49. The van der Waals surface area contributed by atoms with Crippen molar-refractivity contribution in [2.24, 2.45) is 0 Å². The van der Waals surface area contributed by atoms with E-state index in [-0.39, 0.29) is 12.5 Å². The Morgan fingerprint density at radius 3 is 2.62 bits per heavy atom. The second-order valence-electron chi connectivity index (χ2n) is 3.36. The van der Waals surface area contributed by atoms with Crippen LogP contribution in [-0.2, 0) is 16.0 Å². The van der Waals surface area contributed by atoms with Crippen LogP contribution in [0.5, 0.6) is 0 Å². The largest absolute Gasteiger partial charge is 0.468 e. The molecule has 0 fully saturated rings. The first-order valence-electron chi connectivity index (χ1n) is 4.99. The molecule has 0 aromatic carbocycles. The second-order valence-corrected chi connectivity index (χ2v) is 4.53. The van der Waals surface area contributed by atoms with Crippen LogP contribution >= 0.6 is 11.3 Å². The van der Waals surface area contributed by atoms with Gasteiger partial charge < -0.3 is 9.64 Å². The van der Waals surface area contributed by atoms with Crippen molar-refractivity contribution in [2.75, 3.05) is 20.7 Å². The minimum absolute atomic E-state index is 0.0192. The number of thiophene rings is 1. The molecule has 0 unspecified atom stereocenters. The first-order chi connectivity index (χ1) is 7.58. The normalized spacial score (nSPS) is 9.94. The molecule has 4 nitrogen and oxygen atoms in total. The molecule has 0 spiro atoms. The molecule has 88 valence electrons. The van der Waals surface area contributed by atoms with Crippen molar-refractivity contribution in [2.45, 2.75) is 13.3 Å². The highest BCUT2D eigenvalue weighted by Gasteiger charge is 2.16. The van der Waals surface area contributed by atoms with Crippen molar-refractivity contribution in [3.8, 4) is 0 Å². The fourth-order valence-electron chi connectivity index (χ4n) is 1.20. The van der Waals surface area contributed by atoms with Crippen molar-refractivity contribution in [3.05, 3.63) is 21.9 Å². The highest BCUT2D eigenvalue weighted by atomic mass is 32.1. The molecule has 0 saturated carbocycles. The number of nitrogens with zero attached hydrogens (tertiary/aromatic N) is 1. The van der Waals surface area contributed by atoms with Gasteiger partial charge in [0.05, 0.1) is 12.0 Å². The Morgan fingerprint density at radius 1 is 1.44 bits per heavy atom. The highest BCUT2D eigenvalue weighted by Crippen LogP contribution is 2.18. The highest BCUT2D eigenvalue weighted by molar-refractivity contribution is 7.14. The molecule has 5 heteroatoms. The van der Waals surface area contributed by atoms with Crippen LogP contribution in [0.15, 0.2) is 12.1 Å². The van der Waals surface area contributed by atoms with Crippen LogP contribution in [0.4, 0.5) is 0 Å². The number of aryl methyl sites for hydroxylation is 1. The number of hydrogen-bond acceptors (Lipinski definition) is 4. The SMILES string of the molecule is CCc1ccc(C(=O)N(C)CC(=O)OC)s1. The number of ether oxygens (including phenoxy) is 1. The lowest BCUT2D eigenvalue weighted by molar-refractivity contribution is -0.141. The summed E-state index contributed by atoms with van der Waals surface area (Å²) in [4.78, 5) is 26.0. The summed E-state index contributed by atoms with van der Waals surface area (Å²) in [6.07, 6.45) is 0.915. The van der Waals surface area contributed by atoms with Gasteiger partial charge in [-0.05, 0) is 18.6 Å². The van der Waals surface area contributed by atoms with Crippen LogP contribution in [0.3, 0.4) is 0 Å². The van der Waals surface area contributed by atoms with E-state index in [0.29, 0.717) is 4.88 Å². The summed E-state index contributed by atoms with van der Waals surface area (Å²) >= 11 is 1.46. The van der Waals surface area contributed by atoms with Crippen molar-refractivity contribution in [1.82, 2.24) is 4.90 Å². The number of amides is 1. The van der Waals surface area contributed by atoms with E-state index in [4.69, 9.17) is 0 Å². The zero-order valence-corrected chi connectivity index (χ0v) is 10.5. The first-order valence-corrected chi connectivity index (χ1v) is 5.81. The summed E-state index contributed by atoms with van der Waals surface area (Å²) in [6, 6.07) is 3.73. The van der Waals surface area contributed by atoms with Crippen LogP contribution in [0, 0.1) is 0 Å². The van der Waals surface area contributed by atoms with Gasteiger partial charge in [0.1, 0.15) is 6.54 Å². The molecular weight excluding hydrogens is 226 g/mol. The van der Waals surface area contributed by atoms with Gasteiger partial charge in [-0.1, -0.05) is 6.92 Å². The van der Waals surface area contributed by atoms with Gasteiger partial charge in [0.2, 0.25) is 0 Å². The molecule has 0 N–H and O–H groups in total. The van der Waals surface area contributed by atoms with E-state index in [2.05, 4.69) is 4.74 Å².